The lowest BCUT2D eigenvalue weighted by Gasteiger charge is -2.22. The number of aromatic nitrogens is 2. The molecule has 0 spiro atoms. The average Bonchev–Trinajstić information content (AvgIpc) is 3.02. The van der Waals surface area contributed by atoms with Crippen molar-refractivity contribution in [2.75, 3.05) is 29.5 Å². The molecule has 0 saturated carbocycles. The number of ether oxygens (including phenoxy) is 1. The fourth-order valence-electron chi connectivity index (χ4n) is 2.85. The van der Waals surface area contributed by atoms with Gasteiger partial charge in [0.2, 0.25) is 10.0 Å². The molecule has 0 radical (unpaired) electrons. The molecule has 3 N–H and O–H groups in total. The summed E-state index contributed by atoms with van der Waals surface area (Å²) in [7, 11) is -3.69. The fraction of sp³-hybridized carbons (Fsp3) is 0.353. The van der Waals surface area contributed by atoms with E-state index in [1.807, 2.05) is 0 Å². The molecule has 13 heteroatoms. The van der Waals surface area contributed by atoms with Crippen molar-refractivity contribution < 1.29 is 22.7 Å². The predicted molar refractivity (Wildman–Crippen MR) is 112 cm³/mol. The molecule has 0 atom stereocenters. The number of benzene rings is 1. The van der Waals surface area contributed by atoms with Gasteiger partial charge in [0.05, 0.1) is 33.7 Å². The summed E-state index contributed by atoms with van der Waals surface area (Å²) < 4.78 is 28.5. The molecular formula is C17H19Cl2N5O5S. The molecule has 0 aliphatic carbocycles. The first-order valence-electron chi connectivity index (χ1n) is 8.88. The lowest BCUT2D eigenvalue weighted by atomic mass is 10.1. The average molecular weight is 476 g/mol. The zero-order valence-corrected chi connectivity index (χ0v) is 18.1. The van der Waals surface area contributed by atoms with Gasteiger partial charge in [-0.25, -0.2) is 18.0 Å². The Morgan fingerprint density at radius 3 is 2.47 bits per heavy atom. The van der Waals surface area contributed by atoms with Crippen molar-refractivity contribution in [3.63, 3.8) is 0 Å². The van der Waals surface area contributed by atoms with Crippen molar-refractivity contribution in [3.8, 4) is 0 Å². The minimum absolute atomic E-state index is 0.00216. The van der Waals surface area contributed by atoms with Crippen LogP contribution in [0.5, 0.6) is 0 Å². The second kappa shape index (κ2) is 9.21. The Labute approximate surface area is 182 Å². The van der Waals surface area contributed by atoms with Gasteiger partial charge in [0.1, 0.15) is 6.10 Å². The first-order chi connectivity index (χ1) is 14.1. The first-order valence-corrected chi connectivity index (χ1v) is 11.5. The molecule has 2 heterocycles. The van der Waals surface area contributed by atoms with Gasteiger partial charge in [-0.05, 0) is 38.1 Å². The summed E-state index contributed by atoms with van der Waals surface area (Å²) in [5.74, 6) is -1.49. The van der Waals surface area contributed by atoms with Crippen LogP contribution in [0.1, 0.15) is 33.7 Å². The second-order valence-corrected chi connectivity index (χ2v) is 9.15. The monoisotopic (exact) mass is 475 g/mol. The van der Waals surface area contributed by atoms with Crippen LogP contribution in [-0.2, 0) is 14.8 Å². The van der Waals surface area contributed by atoms with E-state index in [-0.39, 0.29) is 33.1 Å². The maximum Gasteiger partial charge on any atom is 0.361 e. The summed E-state index contributed by atoms with van der Waals surface area (Å²) in [6.45, 7) is 1.41. The van der Waals surface area contributed by atoms with Crippen LogP contribution in [0.3, 0.4) is 0 Å². The molecule has 30 heavy (non-hydrogen) atoms. The summed E-state index contributed by atoms with van der Waals surface area (Å²) in [4.78, 5) is 28.3. The minimum atomic E-state index is -3.69. The number of esters is 1. The normalized spacial score (nSPS) is 14.9. The highest BCUT2D eigenvalue weighted by molar-refractivity contribution is 7.91. The lowest BCUT2D eigenvalue weighted by Crippen LogP contribution is -2.34. The number of hydrogen-bond acceptors (Lipinski definition) is 7. The van der Waals surface area contributed by atoms with Crippen molar-refractivity contribution in [1.82, 2.24) is 15.2 Å². The Bertz CT molecular complexity index is 1050. The molecule has 10 nitrogen and oxygen atoms in total. The lowest BCUT2D eigenvalue weighted by molar-refractivity contribution is 0.0223. The molecule has 1 aliphatic heterocycles. The topological polar surface area (TPSA) is 131 Å². The Balaban J connectivity index is 1.89. The maximum absolute atomic E-state index is 12.7. The van der Waals surface area contributed by atoms with Gasteiger partial charge in [-0.1, -0.05) is 29.3 Å². The van der Waals surface area contributed by atoms with E-state index in [2.05, 4.69) is 20.6 Å². The van der Waals surface area contributed by atoms with Gasteiger partial charge in [-0.3, -0.25) is 4.79 Å². The molecule has 162 valence electrons. The second-order valence-electron chi connectivity index (χ2n) is 6.60. The fourth-order valence-corrected chi connectivity index (χ4v) is 3.86. The molecule has 1 saturated heterocycles. The van der Waals surface area contributed by atoms with Crippen LogP contribution in [0.2, 0.25) is 10.0 Å². The molecule has 0 unspecified atom stereocenters. The van der Waals surface area contributed by atoms with Gasteiger partial charge < -0.3 is 15.4 Å². The summed E-state index contributed by atoms with van der Waals surface area (Å²) in [6, 6.07) is 4.56. The molecule has 1 aliphatic rings. The number of carbonyl (C=O) groups excluding carboxylic acids is 2. The van der Waals surface area contributed by atoms with E-state index < -0.39 is 21.9 Å². The summed E-state index contributed by atoms with van der Waals surface area (Å²) in [5.41, 5.74) is -0.324. The van der Waals surface area contributed by atoms with Crippen LogP contribution >= 0.6 is 23.2 Å². The number of rotatable bonds is 6. The molecule has 1 aromatic carbocycles. The first kappa shape index (κ1) is 22.3. The van der Waals surface area contributed by atoms with E-state index in [0.29, 0.717) is 25.9 Å². The van der Waals surface area contributed by atoms with Crippen LogP contribution in [0.4, 0.5) is 5.69 Å². The third kappa shape index (κ3) is 5.63. The molecule has 2 aromatic rings. The Morgan fingerprint density at radius 2 is 1.87 bits per heavy atom. The zero-order chi connectivity index (χ0) is 21.9. The minimum Gasteiger partial charge on any atom is -0.457 e. The highest BCUT2D eigenvalue weighted by Crippen LogP contribution is 2.26. The smallest absolute Gasteiger partial charge is 0.361 e. The van der Waals surface area contributed by atoms with Gasteiger partial charge in [-0.2, -0.15) is 4.79 Å². The number of halogens is 2. The number of sulfonamides is 1. The van der Waals surface area contributed by atoms with Crippen molar-refractivity contribution in [2.45, 2.75) is 18.9 Å². The highest BCUT2D eigenvalue weighted by Gasteiger charge is 2.26. The number of anilines is 1. The van der Waals surface area contributed by atoms with Crippen molar-refractivity contribution in [1.29, 1.82) is 0 Å². The molecular weight excluding hydrogens is 457 g/mol. The summed E-state index contributed by atoms with van der Waals surface area (Å²) in [5, 5.41) is 9.78. The Morgan fingerprint density at radius 1 is 1.23 bits per heavy atom. The number of nitrogens with zero attached hydrogens (tertiary/aromatic N) is 2. The number of piperidine rings is 1. The van der Waals surface area contributed by atoms with E-state index in [1.165, 1.54) is 12.1 Å². The van der Waals surface area contributed by atoms with Crippen molar-refractivity contribution >= 4 is 50.8 Å². The predicted octanol–water partition coefficient (Wildman–Crippen LogP) is 1.85. The number of nitrogens with one attached hydrogen (secondary N) is 3. The maximum atomic E-state index is 12.7. The van der Waals surface area contributed by atoms with Gasteiger partial charge in [-0.15, -0.1) is 5.10 Å². The number of hydrogen-bond donors (Lipinski definition) is 3. The molecule has 3 rings (SSSR count). The number of amides is 1. The largest absolute Gasteiger partial charge is 0.457 e. The Hall–Kier alpha value is -2.34. The standard InChI is InChI=1S/C17H19Cl2N5O5S/c1-30(27,28)23-24-9-13(21-16(25)14-11(18)3-2-4-12(14)19)15(22-24)17(26)29-10-5-7-20-8-6-10/h2-4,9-10,20,23H,5-8H2,1H3,(H,21,25). The van der Waals surface area contributed by atoms with Crippen LogP contribution in [0.25, 0.3) is 0 Å². The van der Waals surface area contributed by atoms with E-state index in [1.54, 1.807) is 6.07 Å². The SMILES string of the molecule is CS(=O)(=O)Nn1cc(NC(=O)c2c(Cl)cccc2Cl)c(C(=O)OC2CCNCC2)n1. The van der Waals surface area contributed by atoms with Gasteiger partial charge in [0.25, 0.3) is 5.91 Å². The molecule has 1 aromatic heterocycles. The molecule has 1 amide bonds. The molecule has 1 fully saturated rings. The van der Waals surface area contributed by atoms with Crippen molar-refractivity contribution in [2.24, 2.45) is 0 Å². The van der Waals surface area contributed by atoms with E-state index in [4.69, 9.17) is 27.9 Å². The van der Waals surface area contributed by atoms with Crippen LogP contribution in [0, 0.1) is 0 Å². The number of carbonyl (C=O) groups is 2. The van der Waals surface area contributed by atoms with E-state index >= 15 is 0 Å². The van der Waals surface area contributed by atoms with Crippen LogP contribution < -0.4 is 15.5 Å². The van der Waals surface area contributed by atoms with Gasteiger partial charge in [0, 0.05) is 0 Å². The van der Waals surface area contributed by atoms with Gasteiger partial charge >= 0.3 is 5.97 Å². The van der Waals surface area contributed by atoms with Crippen LogP contribution in [-0.4, -0.2) is 55.6 Å². The zero-order valence-electron chi connectivity index (χ0n) is 15.8. The summed E-state index contributed by atoms with van der Waals surface area (Å²) in [6.07, 6.45) is 3.01. The van der Waals surface area contributed by atoms with E-state index in [9.17, 15) is 18.0 Å². The highest BCUT2D eigenvalue weighted by atomic mass is 35.5. The molecule has 0 bridgehead atoms. The van der Waals surface area contributed by atoms with Crippen LogP contribution in [0.15, 0.2) is 24.4 Å². The van der Waals surface area contributed by atoms with Gasteiger partial charge in [0.15, 0.2) is 5.69 Å². The van der Waals surface area contributed by atoms with E-state index in [0.717, 1.165) is 17.2 Å². The third-order valence-electron chi connectivity index (χ3n) is 4.16. The summed E-state index contributed by atoms with van der Waals surface area (Å²) >= 11 is 12.1. The van der Waals surface area contributed by atoms with Crippen molar-refractivity contribution in [3.05, 3.63) is 45.7 Å². The Kier molecular flexibility index (Phi) is 6.86. The third-order valence-corrected chi connectivity index (χ3v) is 5.31. The quantitative estimate of drug-likeness (QED) is 0.543.